The van der Waals surface area contributed by atoms with E-state index in [1.165, 1.54) is 12.8 Å². The zero-order chi connectivity index (χ0) is 17.1. The highest BCUT2D eigenvalue weighted by Gasteiger charge is 2.12. The average molecular weight is 313 g/mol. The van der Waals surface area contributed by atoms with Crippen molar-refractivity contribution in [2.24, 2.45) is 7.05 Å². The molecule has 5 nitrogen and oxygen atoms in total. The molecular weight excluding hydrogens is 286 g/mol. The minimum atomic E-state index is 0.208. The number of unbranched alkanes of at least 4 members (excludes halogenated alkanes) is 1. The highest BCUT2D eigenvalue weighted by Crippen LogP contribution is 2.21. The largest absolute Gasteiger partial charge is 0.270 e. The highest BCUT2D eigenvalue weighted by molar-refractivity contribution is 5.58. The lowest BCUT2D eigenvalue weighted by molar-refractivity contribution is 0.436. The topological polar surface area (TPSA) is 54.8 Å². The summed E-state index contributed by atoms with van der Waals surface area (Å²) in [7, 11) is 1.98. The molecule has 0 aliphatic rings. The molecule has 2 rings (SSSR count). The predicted octanol–water partition coefficient (Wildman–Crippen LogP) is 3.08. The Bertz CT molecular complexity index is 598. The summed E-state index contributed by atoms with van der Waals surface area (Å²) in [6.07, 6.45) is 10.5. The summed E-state index contributed by atoms with van der Waals surface area (Å²) in [5, 5.41) is 4.57. The van der Waals surface area contributed by atoms with E-state index >= 15 is 0 Å². The van der Waals surface area contributed by atoms with Crippen LogP contribution < -0.4 is 10.9 Å². The first-order valence-electron chi connectivity index (χ1n) is 7.94. The van der Waals surface area contributed by atoms with Gasteiger partial charge < -0.3 is 0 Å². The normalized spacial score (nSPS) is 11.3. The highest BCUT2D eigenvalue weighted by atomic mass is 15.4. The van der Waals surface area contributed by atoms with Crippen molar-refractivity contribution in [3.05, 3.63) is 36.3 Å². The molecule has 0 radical (unpaired) electrons. The van der Waals surface area contributed by atoms with Crippen LogP contribution in [-0.2, 0) is 7.05 Å². The lowest BCUT2D eigenvalue weighted by Gasteiger charge is -2.14. The Kier molecular flexibility index (Phi) is 8.66. The van der Waals surface area contributed by atoms with E-state index in [0.29, 0.717) is 0 Å². The third-order valence-corrected chi connectivity index (χ3v) is 3.31. The first kappa shape index (κ1) is 18.9. The van der Waals surface area contributed by atoms with E-state index in [4.69, 9.17) is 0 Å². The van der Waals surface area contributed by atoms with Crippen molar-refractivity contribution >= 4 is 0 Å². The molecule has 2 N–H and O–H groups in total. The van der Waals surface area contributed by atoms with Gasteiger partial charge in [-0.3, -0.25) is 15.1 Å². The molecule has 0 aliphatic carbocycles. The monoisotopic (exact) mass is 313 g/mol. The van der Waals surface area contributed by atoms with Gasteiger partial charge in [-0.05, 0) is 38.5 Å². The molecule has 1 unspecified atom stereocenters. The third-order valence-electron chi connectivity index (χ3n) is 3.31. The number of pyridine rings is 1. The van der Waals surface area contributed by atoms with Gasteiger partial charge in [-0.2, -0.15) is 5.10 Å². The fraction of sp³-hybridized carbons (Fsp3) is 0.444. The van der Waals surface area contributed by atoms with Crippen LogP contribution in [-0.4, -0.2) is 21.3 Å². The number of hydrazine groups is 1. The molecule has 1 atom stereocenters. The van der Waals surface area contributed by atoms with Crippen molar-refractivity contribution in [3.8, 4) is 23.6 Å². The molecule has 2 heterocycles. The molecule has 124 valence electrons. The molecule has 0 saturated heterocycles. The number of terminal acetylenes is 1. The maximum atomic E-state index is 4.60. The van der Waals surface area contributed by atoms with Gasteiger partial charge in [0.1, 0.15) is 0 Å². The lowest BCUT2D eigenvalue weighted by atomic mass is 10.1. The average Bonchev–Trinajstić information content (AvgIpc) is 2.95. The van der Waals surface area contributed by atoms with Crippen molar-refractivity contribution in [1.82, 2.24) is 25.6 Å². The van der Waals surface area contributed by atoms with Gasteiger partial charge in [0.15, 0.2) is 0 Å². The van der Waals surface area contributed by atoms with E-state index in [1.54, 1.807) is 19.3 Å². The number of hydrogen-bond acceptors (Lipinski definition) is 4. The van der Waals surface area contributed by atoms with Gasteiger partial charge in [-0.1, -0.05) is 13.3 Å². The summed E-state index contributed by atoms with van der Waals surface area (Å²) >= 11 is 0. The molecule has 0 aromatic carbocycles. The van der Waals surface area contributed by atoms with E-state index in [2.05, 4.69) is 53.2 Å². The SMILES string of the molecule is C#CC.CCCCNNC(C)c1cc(-c2ccncc2)nn1C. The van der Waals surface area contributed by atoms with E-state index in [0.717, 1.165) is 23.5 Å². The predicted molar refractivity (Wildman–Crippen MR) is 95.4 cm³/mol. The summed E-state index contributed by atoms with van der Waals surface area (Å²) < 4.78 is 1.93. The molecular formula is C18H27N5. The minimum absolute atomic E-state index is 0.208. The summed E-state index contributed by atoms with van der Waals surface area (Å²) in [5.41, 5.74) is 9.80. The minimum Gasteiger partial charge on any atom is -0.270 e. The van der Waals surface area contributed by atoms with Crippen molar-refractivity contribution in [2.75, 3.05) is 6.54 Å². The Labute approximate surface area is 139 Å². The summed E-state index contributed by atoms with van der Waals surface area (Å²) in [6, 6.07) is 6.28. The van der Waals surface area contributed by atoms with E-state index in [1.807, 2.05) is 23.9 Å². The maximum Gasteiger partial charge on any atom is 0.0927 e. The Balaban J connectivity index is 0.000000816. The maximum absolute atomic E-state index is 4.60. The van der Waals surface area contributed by atoms with Gasteiger partial charge in [-0.25, -0.2) is 5.43 Å². The molecule has 0 saturated carbocycles. The summed E-state index contributed by atoms with van der Waals surface area (Å²) in [6.45, 7) is 6.95. The van der Waals surface area contributed by atoms with Gasteiger partial charge in [0.2, 0.25) is 0 Å². The molecule has 23 heavy (non-hydrogen) atoms. The van der Waals surface area contributed by atoms with Crippen LogP contribution in [0, 0.1) is 12.3 Å². The first-order chi connectivity index (χ1) is 11.1. The van der Waals surface area contributed by atoms with Gasteiger partial charge >= 0.3 is 0 Å². The quantitative estimate of drug-likeness (QED) is 0.468. The number of rotatable bonds is 7. The van der Waals surface area contributed by atoms with Crippen LogP contribution in [0.25, 0.3) is 11.3 Å². The number of aryl methyl sites for hydroxylation is 1. The Morgan fingerprint density at radius 1 is 1.35 bits per heavy atom. The van der Waals surface area contributed by atoms with Crippen molar-refractivity contribution < 1.29 is 0 Å². The fourth-order valence-electron chi connectivity index (χ4n) is 2.12. The van der Waals surface area contributed by atoms with Crippen LogP contribution in [0.2, 0.25) is 0 Å². The number of hydrogen-bond donors (Lipinski definition) is 2. The Hall–Kier alpha value is -2.16. The van der Waals surface area contributed by atoms with Gasteiger partial charge in [0.25, 0.3) is 0 Å². The number of nitrogens with one attached hydrogen (secondary N) is 2. The molecule has 0 fully saturated rings. The molecule has 0 aliphatic heterocycles. The molecule has 5 heteroatoms. The fourth-order valence-corrected chi connectivity index (χ4v) is 2.12. The van der Waals surface area contributed by atoms with Gasteiger partial charge in [-0.15, -0.1) is 12.3 Å². The zero-order valence-electron chi connectivity index (χ0n) is 14.5. The van der Waals surface area contributed by atoms with E-state index in [-0.39, 0.29) is 6.04 Å². The summed E-state index contributed by atoms with van der Waals surface area (Å²) in [5.74, 6) is 2.25. The van der Waals surface area contributed by atoms with Crippen LogP contribution in [0.15, 0.2) is 30.6 Å². The Morgan fingerprint density at radius 2 is 2.00 bits per heavy atom. The Morgan fingerprint density at radius 3 is 2.61 bits per heavy atom. The van der Waals surface area contributed by atoms with Crippen LogP contribution in [0.5, 0.6) is 0 Å². The molecule has 2 aromatic heterocycles. The number of aromatic nitrogens is 3. The molecule has 0 amide bonds. The number of nitrogens with zero attached hydrogens (tertiary/aromatic N) is 3. The second-order valence-electron chi connectivity index (χ2n) is 5.25. The van der Waals surface area contributed by atoms with E-state index in [9.17, 15) is 0 Å². The van der Waals surface area contributed by atoms with Crippen molar-refractivity contribution in [2.45, 2.75) is 39.7 Å². The second kappa shape index (κ2) is 10.5. The van der Waals surface area contributed by atoms with Crippen LogP contribution in [0.4, 0.5) is 0 Å². The second-order valence-corrected chi connectivity index (χ2v) is 5.25. The van der Waals surface area contributed by atoms with Crippen LogP contribution in [0.3, 0.4) is 0 Å². The van der Waals surface area contributed by atoms with Gasteiger partial charge in [0.05, 0.1) is 17.4 Å². The van der Waals surface area contributed by atoms with Gasteiger partial charge in [0, 0.05) is 31.5 Å². The molecule has 0 bridgehead atoms. The summed E-state index contributed by atoms with van der Waals surface area (Å²) in [4.78, 5) is 4.04. The van der Waals surface area contributed by atoms with Crippen LogP contribution in [0.1, 0.15) is 45.3 Å². The third kappa shape index (κ3) is 6.23. The van der Waals surface area contributed by atoms with E-state index < -0.39 is 0 Å². The smallest absolute Gasteiger partial charge is 0.0927 e. The standard InChI is InChI=1S/C15H23N5.C3H4/c1-4-5-8-17-18-12(2)15-11-14(19-20(15)3)13-6-9-16-10-7-13;1-3-2/h6-7,9-12,17-18H,4-5,8H2,1-3H3;1H,2H3. The first-order valence-corrected chi connectivity index (χ1v) is 7.94. The zero-order valence-corrected chi connectivity index (χ0v) is 14.5. The molecule has 2 aromatic rings. The van der Waals surface area contributed by atoms with Crippen molar-refractivity contribution in [1.29, 1.82) is 0 Å². The van der Waals surface area contributed by atoms with Crippen molar-refractivity contribution in [3.63, 3.8) is 0 Å². The van der Waals surface area contributed by atoms with Crippen LogP contribution >= 0.6 is 0 Å². The lowest BCUT2D eigenvalue weighted by Crippen LogP contribution is -2.35. The molecule has 0 spiro atoms.